The van der Waals surface area contributed by atoms with Crippen molar-refractivity contribution in [2.75, 3.05) is 23.3 Å². The Bertz CT molecular complexity index is 2510. The third-order valence-electron chi connectivity index (χ3n) is 11.1. The molecule has 6 heterocycles. The van der Waals surface area contributed by atoms with Gasteiger partial charge >= 0.3 is 0 Å². The predicted molar refractivity (Wildman–Crippen MR) is 224 cm³/mol. The highest BCUT2D eigenvalue weighted by Gasteiger charge is 2.40. The summed E-state index contributed by atoms with van der Waals surface area (Å²) >= 11 is 13.3. The number of hydrogen-bond acceptors (Lipinski definition) is 6. The molecule has 3 aliphatic heterocycles. The maximum absolute atomic E-state index is 14.9. The number of rotatable bonds is 7. The number of hydrogen-bond donors (Lipinski definition) is 3. The molecule has 0 spiro atoms. The maximum atomic E-state index is 14.9. The van der Waals surface area contributed by atoms with Crippen molar-refractivity contribution in [1.82, 2.24) is 25.2 Å². The quantitative estimate of drug-likeness (QED) is 0.149. The predicted octanol–water partition coefficient (Wildman–Crippen LogP) is 9.74. The lowest BCUT2D eigenvalue weighted by molar-refractivity contribution is 0.0930. The van der Waals surface area contributed by atoms with Crippen LogP contribution in [0.3, 0.4) is 0 Å². The van der Waals surface area contributed by atoms with Crippen LogP contribution in [0.25, 0.3) is 22.2 Å². The molecule has 2 atom stereocenters. The van der Waals surface area contributed by atoms with E-state index >= 15 is 0 Å². The molecule has 0 saturated carbocycles. The van der Waals surface area contributed by atoms with Crippen molar-refractivity contribution >= 4 is 68.7 Å². The summed E-state index contributed by atoms with van der Waals surface area (Å²) in [5.41, 5.74) is 8.56. The van der Waals surface area contributed by atoms with Crippen LogP contribution >= 0.6 is 23.2 Å². The van der Waals surface area contributed by atoms with E-state index in [1.165, 1.54) is 0 Å². The highest BCUT2D eigenvalue weighted by Crippen LogP contribution is 2.53. The zero-order valence-electron chi connectivity index (χ0n) is 30.7. The Morgan fingerprint density at radius 2 is 1.62 bits per heavy atom. The van der Waals surface area contributed by atoms with E-state index in [1.807, 2.05) is 42.5 Å². The molecule has 1 fully saturated rings. The maximum Gasteiger partial charge on any atom is 0.272 e. The van der Waals surface area contributed by atoms with E-state index in [9.17, 15) is 9.59 Å². The molecule has 0 radical (unpaired) electrons. The number of nitrogens with zero attached hydrogens (tertiary/aromatic N) is 4. The van der Waals surface area contributed by atoms with Crippen LogP contribution in [-0.2, 0) is 0 Å². The van der Waals surface area contributed by atoms with E-state index in [0.717, 1.165) is 63.7 Å². The first-order valence-electron chi connectivity index (χ1n) is 18.9. The summed E-state index contributed by atoms with van der Waals surface area (Å²) in [6.45, 7) is 3.58. The zero-order valence-corrected chi connectivity index (χ0v) is 32.2. The number of benzene rings is 3. The molecule has 3 aromatic heterocycles. The molecule has 280 valence electrons. The fourth-order valence-corrected chi connectivity index (χ4v) is 8.84. The zero-order chi connectivity index (χ0) is 38.3. The first-order valence-corrected chi connectivity index (χ1v) is 19.7. The summed E-state index contributed by atoms with van der Waals surface area (Å²) in [4.78, 5) is 44.5. The Kier molecular flexibility index (Phi) is 9.57. The van der Waals surface area contributed by atoms with E-state index in [0.29, 0.717) is 45.9 Å². The van der Waals surface area contributed by atoms with Crippen LogP contribution in [0.5, 0.6) is 0 Å². The molecule has 9 nitrogen and oxygen atoms in total. The molecule has 56 heavy (non-hydrogen) atoms. The number of carbonyl (C=O) groups is 2. The summed E-state index contributed by atoms with van der Waals surface area (Å²) < 4.78 is 0. The van der Waals surface area contributed by atoms with Crippen molar-refractivity contribution in [3.63, 3.8) is 0 Å². The third kappa shape index (κ3) is 6.61. The lowest BCUT2D eigenvalue weighted by Gasteiger charge is -2.39. The number of fused-ring (bicyclic) bond motifs is 2. The number of piperidine rings is 1. The summed E-state index contributed by atoms with van der Waals surface area (Å²) in [6, 6.07) is 29.3. The molecule has 3 aliphatic rings. The lowest BCUT2D eigenvalue weighted by atomic mass is 9.82. The van der Waals surface area contributed by atoms with E-state index in [4.69, 9.17) is 28.2 Å². The van der Waals surface area contributed by atoms with E-state index < -0.39 is 0 Å². The van der Waals surface area contributed by atoms with Crippen molar-refractivity contribution in [3.8, 4) is 0 Å². The summed E-state index contributed by atoms with van der Waals surface area (Å²) in [6.07, 6.45) is 11.7. The smallest absolute Gasteiger partial charge is 0.272 e. The first kappa shape index (κ1) is 35.8. The second-order valence-corrected chi connectivity index (χ2v) is 15.5. The Hall–Kier alpha value is -5.90. The molecular formula is C45H39Cl2N7O2. The van der Waals surface area contributed by atoms with Crippen LogP contribution in [-0.4, -0.2) is 50.8 Å². The number of pyridine rings is 2. The molecule has 0 bridgehead atoms. The van der Waals surface area contributed by atoms with Crippen molar-refractivity contribution in [2.45, 2.75) is 38.3 Å². The first-order chi connectivity index (χ1) is 27.3. The molecule has 0 aliphatic carbocycles. The Morgan fingerprint density at radius 3 is 2.39 bits per heavy atom. The van der Waals surface area contributed by atoms with Gasteiger partial charge in [-0.25, -0.2) is 4.98 Å². The van der Waals surface area contributed by atoms with Crippen LogP contribution in [0.1, 0.15) is 75.3 Å². The van der Waals surface area contributed by atoms with E-state index in [-0.39, 0.29) is 29.8 Å². The molecule has 6 aromatic rings. The largest absolute Gasteiger partial charge is 0.355 e. The SMILES string of the molecule is CC1CC=CN2C(=C1c1ccccc1)c1c(C(=O)Nc3cccnc3N3CCC(NC(=O)c4ccncc4)CC3)[nH]c3cc(Cl)cc(c13)C2c1ccc(Cl)cc1. The number of aromatic nitrogens is 3. The van der Waals surface area contributed by atoms with Gasteiger partial charge in [-0.3, -0.25) is 14.6 Å². The number of allylic oxidation sites excluding steroid dienone is 2. The van der Waals surface area contributed by atoms with Gasteiger partial charge in [0, 0.05) is 76.0 Å². The average Bonchev–Trinajstić information content (AvgIpc) is 3.51. The molecule has 2 amide bonds. The molecular weight excluding hydrogens is 741 g/mol. The third-order valence-corrected chi connectivity index (χ3v) is 11.5. The lowest BCUT2D eigenvalue weighted by Crippen LogP contribution is -2.45. The molecule has 11 heteroatoms. The average molecular weight is 781 g/mol. The van der Waals surface area contributed by atoms with E-state index in [2.05, 4.69) is 86.0 Å². The second kappa shape index (κ2) is 15.0. The molecule has 1 saturated heterocycles. The minimum atomic E-state index is -0.280. The van der Waals surface area contributed by atoms with Gasteiger partial charge in [-0.05, 0) is 96.0 Å². The monoisotopic (exact) mass is 779 g/mol. The molecule has 3 N–H and O–H groups in total. The van der Waals surface area contributed by atoms with Gasteiger partial charge in [-0.1, -0.05) is 78.7 Å². The number of carbonyl (C=O) groups excluding carboxylic acids is 2. The van der Waals surface area contributed by atoms with Crippen LogP contribution in [0.4, 0.5) is 11.5 Å². The van der Waals surface area contributed by atoms with Crippen molar-refractivity contribution < 1.29 is 9.59 Å². The van der Waals surface area contributed by atoms with Gasteiger partial charge in [0.15, 0.2) is 5.82 Å². The second-order valence-electron chi connectivity index (χ2n) is 14.6. The Balaban J connectivity index is 1.11. The van der Waals surface area contributed by atoms with Crippen LogP contribution in [0, 0.1) is 5.92 Å². The number of halogens is 2. The summed E-state index contributed by atoms with van der Waals surface area (Å²) in [7, 11) is 0. The van der Waals surface area contributed by atoms with Crippen LogP contribution in [0.2, 0.25) is 10.0 Å². The molecule has 3 aromatic carbocycles. The molecule has 9 rings (SSSR count). The minimum Gasteiger partial charge on any atom is -0.355 e. The fraction of sp³-hybridized carbons (Fsp3) is 0.200. The van der Waals surface area contributed by atoms with Gasteiger partial charge in [-0.15, -0.1) is 0 Å². The minimum absolute atomic E-state index is 0.0249. The normalized spacial score (nSPS) is 18.1. The highest BCUT2D eigenvalue weighted by molar-refractivity contribution is 6.32. The number of aromatic amines is 1. The van der Waals surface area contributed by atoms with E-state index in [1.54, 1.807) is 30.7 Å². The van der Waals surface area contributed by atoms with Gasteiger partial charge in [-0.2, -0.15) is 0 Å². The van der Waals surface area contributed by atoms with Crippen LogP contribution < -0.4 is 15.5 Å². The van der Waals surface area contributed by atoms with Gasteiger partial charge < -0.3 is 25.4 Å². The standard InChI is InChI=1S/C45H39Cl2N7O2/c1-27-7-6-22-54-41(29-11-13-31(46)14-12-29)34-25-32(47)26-36-38(34)39(42(54)37(27)28-8-3-2-4-9-28)40(51-36)45(56)52-35-10-5-19-49-43(35)53-23-17-33(18-24-53)50-44(55)30-15-20-48-21-16-30/h2-6,8-16,19-22,25-27,33,41,51H,7,17-18,23-24H2,1H3,(H,50,55)(H,52,56). The highest BCUT2D eigenvalue weighted by atomic mass is 35.5. The van der Waals surface area contributed by atoms with Gasteiger partial charge in [0.05, 0.1) is 17.4 Å². The Labute approximate surface area is 335 Å². The molecule has 2 unspecified atom stereocenters. The van der Waals surface area contributed by atoms with Gasteiger partial charge in [0.2, 0.25) is 0 Å². The number of amides is 2. The van der Waals surface area contributed by atoms with Gasteiger partial charge in [0.25, 0.3) is 11.8 Å². The number of anilines is 2. The summed E-state index contributed by atoms with van der Waals surface area (Å²) in [5, 5.41) is 8.61. The van der Waals surface area contributed by atoms with Crippen molar-refractivity contribution in [2.24, 2.45) is 5.92 Å². The number of nitrogens with one attached hydrogen (secondary N) is 3. The van der Waals surface area contributed by atoms with Crippen LogP contribution in [0.15, 0.2) is 122 Å². The van der Waals surface area contributed by atoms with Crippen molar-refractivity contribution in [3.05, 3.63) is 165 Å². The topological polar surface area (TPSA) is 106 Å². The number of H-pyrrole nitrogens is 1. The fourth-order valence-electron chi connectivity index (χ4n) is 8.49. The van der Waals surface area contributed by atoms with Gasteiger partial charge in [0.1, 0.15) is 5.69 Å². The Morgan fingerprint density at radius 1 is 0.857 bits per heavy atom. The van der Waals surface area contributed by atoms with Crippen molar-refractivity contribution in [1.29, 1.82) is 0 Å². The summed E-state index contributed by atoms with van der Waals surface area (Å²) in [5.74, 6) is 0.452.